The number of aliphatic hydroxyl groups is 1. The molecule has 1 atom stereocenters. The van der Waals surface area contributed by atoms with Crippen molar-refractivity contribution in [2.75, 3.05) is 6.61 Å². The van der Waals surface area contributed by atoms with Crippen molar-refractivity contribution in [2.24, 2.45) is 0 Å². The topological polar surface area (TPSA) is 84.5 Å². The van der Waals surface area contributed by atoms with Gasteiger partial charge in [-0.15, -0.1) is 0 Å². The fourth-order valence-electron chi connectivity index (χ4n) is 1.90. The zero-order chi connectivity index (χ0) is 15.2. The van der Waals surface area contributed by atoms with Gasteiger partial charge >= 0.3 is 0 Å². The minimum absolute atomic E-state index is 0.0157. The first kappa shape index (κ1) is 15.1. The third-order valence-electron chi connectivity index (χ3n) is 3.05. The molecule has 112 valence electrons. The van der Waals surface area contributed by atoms with Gasteiger partial charge in [-0.1, -0.05) is 6.07 Å². The Hall–Kier alpha value is -2.34. The number of aromatic nitrogens is 1. The highest BCUT2D eigenvalue weighted by Gasteiger charge is 2.13. The van der Waals surface area contributed by atoms with Gasteiger partial charge in [0, 0.05) is 24.9 Å². The van der Waals surface area contributed by atoms with Crippen LogP contribution in [0.5, 0.6) is 0 Å². The van der Waals surface area contributed by atoms with Crippen LogP contribution in [0.25, 0.3) is 0 Å². The van der Waals surface area contributed by atoms with Crippen LogP contribution in [0.3, 0.4) is 0 Å². The van der Waals surface area contributed by atoms with Gasteiger partial charge in [0.15, 0.2) is 5.76 Å². The third kappa shape index (κ3) is 4.06. The van der Waals surface area contributed by atoms with Crippen LogP contribution in [0.4, 0.5) is 0 Å². The Morgan fingerprint density at radius 3 is 2.90 bits per heavy atom. The maximum atomic E-state index is 11.9. The predicted molar refractivity (Wildman–Crippen MR) is 77.1 cm³/mol. The van der Waals surface area contributed by atoms with Gasteiger partial charge in [0.1, 0.15) is 5.76 Å². The molecule has 1 unspecified atom stereocenters. The highest BCUT2D eigenvalue weighted by atomic mass is 16.4. The number of amides is 1. The molecule has 2 aromatic heterocycles. The van der Waals surface area contributed by atoms with E-state index in [1.807, 2.05) is 6.92 Å². The summed E-state index contributed by atoms with van der Waals surface area (Å²) in [7, 11) is 0. The van der Waals surface area contributed by atoms with Gasteiger partial charge in [-0.05, 0) is 31.5 Å². The van der Waals surface area contributed by atoms with Crippen molar-refractivity contribution < 1.29 is 14.3 Å². The lowest BCUT2D eigenvalue weighted by molar-refractivity contribution is 0.0904. The number of hydrogen-bond donors (Lipinski definition) is 2. The summed E-state index contributed by atoms with van der Waals surface area (Å²) < 4.78 is 6.94. The van der Waals surface area contributed by atoms with Crippen molar-refractivity contribution in [3.8, 4) is 0 Å². The Morgan fingerprint density at radius 2 is 2.19 bits per heavy atom. The molecule has 0 aliphatic rings. The second kappa shape index (κ2) is 6.90. The molecule has 0 fully saturated rings. The molecular weight excluding hydrogens is 272 g/mol. The highest BCUT2D eigenvalue weighted by Crippen LogP contribution is 2.09. The molecule has 2 N–H and O–H groups in total. The monoisotopic (exact) mass is 290 g/mol. The number of nitrogens with zero attached hydrogens (tertiary/aromatic N) is 1. The van der Waals surface area contributed by atoms with E-state index >= 15 is 0 Å². The zero-order valence-electron chi connectivity index (χ0n) is 11.8. The van der Waals surface area contributed by atoms with Crippen molar-refractivity contribution in [3.05, 3.63) is 58.4 Å². The van der Waals surface area contributed by atoms with Crippen LogP contribution in [0.1, 0.15) is 29.7 Å². The Bertz CT molecular complexity index is 659. The summed E-state index contributed by atoms with van der Waals surface area (Å²) in [4.78, 5) is 23.5. The molecule has 1 amide bonds. The van der Waals surface area contributed by atoms with E-state index in [1.165, 1.54) is 10.6 Å². The van der Waals surface area contributed by atoms with Crippen LogP contribution in [0.15, 0.2) is 45.7 Å². The van der Waals surface area contributed by atoms with Crippen molar-refractivity contribution in [1.29, 1.82) is 0 Å². The largest absolute Gasteiger partial charge is 0.454 e. The summed E-state index contributed by atoms with van der Waals surface area (Å²) in [5.41, 5.74) is -0.128. The van der Waals surface area contributed by atoms with Crippen molar-refractivity contribution in [2.45, 2.75) is 25.9 Å². The SMILES string of the molecule is CC(CCO)NC(=O)c1ccc(Cn2ccccc2=O)o1. The number of nitrogens with one attached hydrogen (secondary N) is 1. The van der Waals surface area contributed by atoms with Gasteiger partial charge in [0.2, 0.25) is 0 Å². The number of aliphatic hydroxyl groups excluding tert-OH is 1. The Morgan fingerprint density at radius 1 is 1.38 bits per heavy atom. The summed E-state index contributed by atoms with van der Waals surface area (Å²) >= 11 is 0. The highest BCUT2D eigenvalue weighted by molar-refractivity contribution is 5.91. The molecular formula is C15H18N2O4. The number of pyridine rings is 1. The molecule has 2 heterocycles. The zero-order valence-corrected chi connectivity index (χ0v) is 11.8. The van der Waals surface area contributed by atoms with Gasteiger partial charge in [-0.3, -0.25) is 9.59 Å². The van der Waals surface area contributed by atoms with Crippen molar-refractivity contribution in [3.63, 3.8) is 0 Å². The summed E-state index contributed by atoms with van der Waals surface area (Å²) in [6.07, 6.45) is 2.15. The van der Waals surface area contributed by atoms with E-state index < -0.39 is 0 Å². The summed E-state index contributed by atoms with van der Waals surface area (Å²) in [5, 5.41) is 11.5. The Kier molecular flexibility index (Phi) is 4.94. The van der Waals surface area contributed by atoms with Gasteiger partial charge < -0.3 is 19.4 Å². The van der Waals surface area contributed by atoms with E-state index in [1.54, 1.807) is 30.5 Å². The van der Waals surface area contributed by atoms with Crippen LogP contribution in [-0.4, -0.2) is 28.2 Å². The van der Waals surface area contributed by atoms with Crippen LogP contribution in [0.2, 0.25) is 0 Å². The molecule has 21 heavy (non-hydrogen) atoms. The molecule has 0 bridgehead atoms. The minimum atomic E-state index is -0.331. The molecule has 0 saturated carbocycles. The standard InChI is InChI=1S/C15H18N2O4/c1-11(7-9-18)16-15(20)13-6-5-12(21-13)10-17-8-3-2-4-14(17)19/h2-6,8,11,18H,7,9-10H2,1H3,(H,16,20). The van der Waals surface area contributed by atoms with E-state index in [4.69, 9.17) is 9.52 Å². The lowest BCUT2D eigenvalue weighted by Gasteiger charge is -2.10. The molecule has 6 heteroatoms. The van der Waals surface area contributed by atoms with Crippen LogP contribution >= 0.6 is 0 Å². The Balaban J connectivity index is 2.03. The molecule has 0 aromatic carbocycles. The first-order chi connectivity index (χ1) is 10.1. The number of rotatable bonds is 6. The predicted octanol–water partition coefficient (Wildman–Crippen LogP) is 0.990. The molecule has 0 aliphatic heterocycles. The van der Waals surface area contributed by atoms with Crippen LogP contribution < -0.4 is 10.9 Å². The first-order valence-electron chi connectivity index (χ1n) is 6.76. The summed E-state index contributed by atoms with van der Waals surface area (Å²) in [5.74, 6) is 0.393. The maximum absolute atomic E-state index is 11.9. The average molecular weight is 290 g/mol. The smallest absolute Gasteiger partial charge is 0.287 e. The fourth-order valence-corrected chi connectivity index (χ4v) is 1.90. The molecule has 0 spiro atoms. The normalized spacial score (nSPS) is 12.1. The van der Waals surface area contributed by atoms with E-state index in [0.29, 0.717) is 12.2 Å². The fraction of sp³-hybridized carbons (Fsp3) is 0.333. The quantitative estimate of drug-likeness (QED) is 0.831. The molecule has 0 aliphatic carbocycles. The van der Waals surface area contributed by atoms with Crippen molar-refractivity contribution >= 4 is 5.91 Å². The van der Waals surface area contributed by atoms with E-state index in [2.05, 4.69) is 5.32 Å². The third-order valence-corrected chi connectivity index (χ3v) is 3.05. The molecule has 0 radical (unpaired) electrons. The lowest BCUT2D eigenvalue weighted by atomic mass is 10.2. The van der Waals surface area contributed by atoms with Gasteiger partial charge in [0.25, 0.3) is 11.5 Å². The van der Waals surface area contributed by atoms with Gasteiger partial charge in [-0.2, -0.15) is 0 Å². The van der Waals surface area contributed by atoms with E-state index in [-0.39, 0.29) is 36.4 Å². The molecule has 0 saturated heterocycles. The second-order valence-corrected chi connectivity index (χ2v) is 4.82. The Labute approximate surface area is 122 Å². The van der Waals surface area contributed by atoms with E-state index in [0.717, 1.165) is 0 Å². The van der Waals surface area contributed by atoms with Gasteiger partial charge in [-0.25, -0.2) is 0 Å². The maximum Gasteiger partial charge on any atom is 0.287 e. The number of furan rings is 1. The summed E-state index contributed by atoms with van der Waals surface area (Å²) in [6, 6.07) is 8.01. The number of hydrogen-bond acceptors (Lipinski definition) is 4. The second-order valence-electron chi connectivity index (χ2n) is 4.82. The minimum Gasteiger partial charge on any atom is -0.454 e. The lowest BCUT2D eigenvalue weighted by Crippen LogP contribution is -2.32. The number of carbonyl (C=O) groups excluding carboxylic acids is 1. The molecule has 2 rings (SSSR count). The van der Waals surface area contributed by atoms with Crippen LogP contribution in [-0.2, 0) is 6.54 Å². The van der Waals surface area contributed by atoms with Gasteiger partial charge in [0.05, 0.1) is 6.54 Å². The van der Waals surface area contributed by atoms with E-state index in [9.17, 15) is 9.59 Å². The molecule has 2 aromatic rings. The average Bonchev–Trinajstić information content (AvgIpc) is 2.90. The number of carbonyl (C=O) groups is 1. The first-order valence-corrected chi connectivity index (χ1v) is 6.76. The van der Waals surface area contributed by atoms with Crippen LogP contribution in [0, 0.1) is 0 Å². The van der Waals surface area contributed by atoms with Crippen molar-refractivity contribution in [1.82, 2.24) is 9.88 Å². The molecule has 6 nitrogen and oxygen atoms in total. The summed E-state index contributed by atoms with van der Waals surface area (Å²) in [6.45, 7) is 2.10.